The van der Waals surface area contributed by atoms with Crippen molar-refractivity contribution in [2.24, 2.45) is 11.8 Å². The first-order chi connectivity index (χ1) is 17.2. The van der Waals surface area contributed by atoms with Gasteiger partial charge in [0.2, 0.25) is 5.91 Å². The second kappa shape index (κ2) is 15.3. The Kier molecular flexibility index (Phi) is 13.2. The van der Waals surface area contributed by atoms with E-state index in [1.807, 2.05) is 0 Å². The highest BCUT2D eigenvalue weighted by molar-refractivity contribution is 7.89. The summed E-state index contributed by atoms with van der Waals surface area (Å²) in [4.78, 5) is 23.4. The first kappa shape index (κ1) is 31.1. The molecule has 0 aromatic heterocycles. The van der Waals surface area contributed by atoms with Crippen molar-refractivity contribution in [3.05, 3.63) is 0 Å². The highest BCUT2D eigenvalue weighted by atomic mass is 32.2. The Hall–Kier alpha value is -1.15. The summed E-state index contributed by atoms with van der Waals surface area (Å²) in [5, 5.41) is 58.4. The van der Waals surface area contributed by atoms with E-state index in [-0.39, 0.29) is 38.6 Å². The van der Waals surface area contributed by atoms with Gasteiger partial charge in [0.25, 0.3) is 0 Å². The average Bonchev–Trinajstić information content (AvgIpc) is 2.83. The number of hydrogen-bond acceptors (Lipinski definition) is 15. The Labute approximate surface area is 212 Å². The molecule has 1 amide bonds. The van der Waals surface area contributed by atoms with Gasteiger partial charge in [-0.1, -0.05) is 6.92 Å². The summed E-state index contributed by atoms with van der Waals surface area (Å²) in [6.45, 7) is 1.97. The third-order valence-corrected chi connectivity index (χ3v) is 6.67. The zero-order valence-corrected chi connectivity index (χ0v) is 20.9. The van der Waals surface area contributed by atoms with Crippen molar-refractivity contribution in [1.82, 2.24) is 5.32 Å². The Morgan fingerprint density at radius 2 is 1.78 bits per heavy atom. The van der Waals surface area contributed by atoms with Crippen LogP contribution in [0.4, 0.5) is 0 Å². The van der Waals surface area contributed by atoms with Gasteiger partial charge in [-0.15, -0.1) is 4.33 Å². The van der Waals surface area contributed by atoms with Gasteiger partial charge in [0, 0.05) is 25.9 Å². The molecular weight excluding hydrogens is 510 g/mol. The van der Waals surface area contributed by atoms with Gasteiger partial charge in [-0.3, -0.25) is 14.0 Å². The van der Waals surface area contributed by atoms with Crippen LogP contribution in [0.2, 0.25) is 0 Å². The minimum Gasteiger partial charge on any atom is -0.691 e. The van der Waals surface area contributed by atoms with E-state index in [4.69, 9.17) is 23.1 Å². The van der Waals surface area contributed by atoms with Crippen LogP contribution < -0.4 is 15.7 Å². The molecule has 2 aliphatic rings. The monoisotopic (exact) mass is 543 g/mol. The summed E-state index contributed by atoms with van der Waals surface area (Å²) < 4.78 is 31.8. The number of carbonyl (C=O) groups excluding carboxylic acids is 2. The maximum Gasteiger partial charge on any atom is 0.217 e. The molecule has 15 nitrogen and oxygen atoms in total. The van der Waals surface area contributed by atoms with Gasteiger partial charge in [0.1, 0.15) is 36.6 Å². The molecule has 0 bridgehead atoms. The Balaban J connectivity index is 2.19. The fourth-order valence-electron chi connectivity index (χ4n) is 4.60. The van der Waals surface area contributed by atoms with Gasteiger partial charge in [0.15, 0.2) is 12.3 Å². The quantitative estimate of drug-likeness (QED) is 0.0709. The predicted octanol–water partition coefficient (Wildman–Crippen LogP) is -4.03. The van der Waals surface area contributed by atoms with Crippen molar-refractivity contribution < 1.29 is 67.8 Å². The number of methoxy groups -OCH3 is 1. The number of aliphatic hydroxyl groups excluding tert-OH is 3. The number of hydrogen-bond donors (Lipinski definition) is 4. The molecule has 36 heavy (non-hydrogen) atoms. The lowest BCUT2D eigenvalue weighted by Crippen LogP contribution is -2.63. The minimum atomic E-state index is -1.52. The van der Waals surface area contributed by atoms with Crippen LogP contribution in [-0.4, -0.2) is 110 Å². The molecule has 10 atom stereocenters. The molecule has 2 aliphatic heterocycles. The Bertz CT molecular complexity index is 689. The van der Waals surface area contributed by atoms with Crippen LogP contribution in [0.1, 0.15) is 20.3 Å². The van der Waals surface area contributed by atoms with E-state index < -0.39 is 79.1 Å². The Morgan fingerprint density at radius 3 is 2.33 bits per heavy atom. The van der Waals surface area contributed by atoms with Crippen LogP contribution in [0.3, 0.4) is 0 Å². The van der Waals surface area contributed by atoms with Gasteiger partial charge in [0.05, 0.1) is 44.5 Å². The molecule has 4 N–H and O–H groups in total. The van der Waals surface area contributed by atoms with Crippen LogP contribution >= 0.6 is 12.3 Å². The van der Waals surface area contributed by atoms with E-state index in [2.05, 4.69) is 14.7 Å². The van der Waals surface area contributed by atoms with E-state index >= 15 is 0 Å². The first-order valence-electron chi connectivity index (χ1n) is 11.3. The van der Waals surface area contributed by atoms with Crippen LogP contribution in [-0.2, 0) is 42.1 Å². The molecule has 0 aromatic carbocycles. The molecule has 2 rings (SSSR count). The van der Waals surface area contributed by atoms with E-state index in [1.54, 1.807) is 6.92 Å². The summed E-state index contributed by atoms with van der Waals surface area (Å²) in [5.74, 6) is -3.51. The molecule has 2 saturated heterocycles. The maximum absolute atomic E-state index is 11.9. The molecule has 16 heteroatoms. The van der Waals surface area contributed by atoms with Crippen molar-refractivity contribution in [1.29, 1.82) is 0 Å². The molecular formula is C20H33NO14S-2. The number of carbonyl (C=O) groups is 2. The topological polar surface area (TPSA) is 218 Å². The number of amides is 1. The van der Waals surface area contributed by atoms with Gasteiger partial charge in [-0.2, -0.15) is 0 Å². The SMILES string of the molecule is CC[C@@H]1C(C(=O)[O-])O[C@@H](COC[C@H]2C(NC(C)=O)[C@H](COC)OC(CO)[C@H]2OSOO[O-])C(O)[C@@H]1O. The van der Waals surface area contributed by atoms with E-state index in [0.29, 0.717) is 0 Å². The lowest BCUT2D eigenvalue weighted by Gasteiger charge is -2.46. The number of aliphatic carboxylic acids is 1. The lowest BCUT2D eigenvalue weighted by atomic mass is 9.84. The zero-order chi connectivity index (χ0) is 26.8. The van der Waals surface area contributed by atoms with Crippen molar-refractivity contribution in [3.63, 3.8) is 0 Å². The number of carboxylic acid groups (broad SMARTS) is 1. The molecule has 4 unspecified atom stereocenters. The Morgan fingerprint density at radius 1 is 1.06 bits per heavy atom. The van der Waals surface area contributed by atoms with Crippen molar-refractivity contribution in [3.8, 4) is 0 Å². The normalized spacial score (nSPS) is 37.0. The van der Waals surface area contributed by atoms with Gasteiger partial charge in [-0.25, -0.2) is 0 Å². The zero-order valence-electron chi connectivity index (χ0n) is 20.0. The molecule has 0 aliphatic carbocycles. The highest BCUT2D eigenvalue weighted by Gasteiger charge is 2.48. The third-order valence-electron chi connectivity index (χ3n) is 6.26. The third kappa shape index (κ3) is 7.92. The predicted molar refractivity (Wildman–Crippen MR) is 114 cm³/mol. The van der Waals surface area contributed by atoms with Crippen molar-refractivity contribution >= 4 is 24.2 Å². The summed E-state index contributed by atoms with van der Waals surface area (Å²) in [5.41, 5.74) is 0. The van der Waals surface area contributed by atoms with Crippen molar-refractivity contribution in [2.45, 2.75) is 69.0 Å². The molecule has 210 valence electrons. The summed E-state index contributed by atoms with van der Waals surface area (Å²) in [7, 11) is 1.43. The van der Waals surface area contributed by atoms with Gasteiger partial charge < -0.3 is 54.7 Å². The molecule has 0 aromatic rings. The largest absolute Gasteiger partial charge is 0.691 e. The van der Waals surface area contributed by atoms with Gasteiger partial charge in [-0.05, 0) is 6.42 Å². The fourth-order valence-corrected chi connectivity index (χ4v) is 5.01. The number of rotatable bonds is 14. The van der Waals surface area contributed by atoms with Crippen LogP contribution in [0.5, 0.6) is 0 Å². The summed E-state index contributed by atoms with van der Waals surface area (Å²) in [6, 6.07) is -0.757. The first-order valence-corrected chi connectivity index (χ1v) is 12.0. The van der Waals surface area contributed by atoms with Crippen LogP contribution in [0.25, 0.3) is 0 Å². The molecule has 2 fully saturated rings. The number of carboxylic acids is 1. The van der Waals surface area contributed by atoms with Crippen molar-refractivity contribution in [2.75, 3.05) is 33.5 Å². The maximum atomic E-state index is 11.9. The lowest BCUT2D eigenvalue weighted by molar-refractivity contribution is -0.777. The summed E-state index contributed by atoms with van der Waals surface area (Å²) in [6.07, 6.45) is -7.88. The second-order valence-electron chi connectivity index (χ2n) is 8.51. The smallest absolute Gasteiger partial charge is 0.217 e. The number of aliphatic hydroxyl groups is 3. The number of ether oxygens (including phenoxy) is 4. The molecule has 0 spiro atoms. The van der Waals surface area contributed by atoms with Crippen LogP contribution in [0, 0.1) is 11.8 Å². The van der Waals surface area contributed by atoms with Crippen LogP contribution in [0.15, 0.2) is 0 Å². The second-order valence-corrected chi connectivity index (χ2v) is 8.98. The number of nitrogens with one attached hydrogen (secondary N) is 1. The average molecular weight is 544 g/mol. The minimum absolute atomic E-state index is 0.0420. The molecule has 0 radical (unpaired) electrons. The highest BCUT2D eigenvalue weighted by Crippen LogP contribution is 2.33. The van der Waals surface area contributed by atoms with E-state index in [0.717, 1.165) is 0 Å². The van der Waals surface area contributed by atoms with E-state index in [9.17, 15) is 35.3 Å². The molecule has 0 saturated carbocycles. The van der Waals surface area contributed by atoms with Gasteiger partial charge >= 0.3 is 0 Å². The fraction of sp³-hybridized carbons (Fsp3) is 0.900. The molecule has 2 heterocycles. The standard InChI is InChI=1S/C20H35NO14S/c1-4-10-16(24)17(25)14(32-19(10)20(26)27)8-30-6-11-15(21-9(2)23)13(7-29-3)31-12(5-22)18(11)33-36-35-34-28/h10-19,22,24-25,28H,4-8H2,1-3H3,(H,21,23)(H,26,27)/p-2/t10-,11-,12?,13-,14-,15?,16+,17?,18-,19?/m0/s1. The summed E-state index contributed by atoms with van der Waals surface area (Å²) >= 11 is 0.191. The van der Waals surface area contributed by atoms with E-state index in [1.165, 1.54) is 14.0 Å².